The molecule has 0 atom stereocenters. The highest BCUT2D eigenvalue weighted by Crippen LogP contribution is 2.12. The highest BCUT2D eigenvalue weighted by molar-refractivity contribution is 9.10. The first-order valence-corrected chi connectivity index (χ1v) is 9.41. The van der Waals surface area contributed by atoms with E-state index >= 15 is 0 Å². The maximum atomic E-state index is 12.3. The van der Waals surface area contributed by atoms with E-state index in [1.54, 1.807) is 0 Å². The van der Waals surface area contributed by atoms with E-state index in [2.05, 4.69) is 31.4 Å². The molecule has 5 nitrogen and oxygen atoms in total. The number of hydrogen-bond acceptors (Lipinski definition) is 4. The van der Waals surface area contributed by atoms with Gasteiger partial charge in [-0.25, -0.2) is 5.43 Å². The largest absolute Gasteiger partial charge is 0.379 e. The van der Waals surface area contributed by atoms with Crippen molar-refractivity contribution in [1.82, 2.24) is 10.3 Å². The number of carbonyl (C=O) groups is 1. The summed E-state index contributed by atoms with van der Waals surface area (Å²) in [6.45, 7) is 6.23. The standard InChI is InChI=1S/C20H22BrN3O2/c1-15(17-6-8-19(21)9-7-17)22-23-20(25)18-4-2-16(3-5-18)14-24-10-12-26-13-11-24/h2-9H,10-14H2,1H3,(H,23,25)/b22-15+. The van der Waals surface area contributed by atoms with E-state index in [4.69, 9.17) is 4.74 Å². The summed E-state index contributed by atoms with van der Waals surface area (Å²) in [4.78, 5) is 14.6. The van der Waals surface area contributed by atoms with Crippen LogP contribution in [0.25, 0.3) is 0 Å². The maximum absolute atomic E-state index is 12.3. The minimum Gasteiger partial charge on any atom is -0.379 e. The van der Waals surface area contributed by atoms with Crippen LogP contribution < -0.4 is 5.43 Å². The van der Waals surface area contributed by atoms with Crippen LogP contribution >= 0.6 is 15.9 Å². The minimum absolute atomic E-state index is 0.209. The van der Waals surface area contributed by atoms with Crippen LogP contribution in [0.4, 0.5) is 0 Å². The number of halogens is 1. The first kappa shape index (κ1) is 18.8. The van der Waals surface area contributed by atoms with Crippen molar-refractivity contribution in [2.24, 2.45) is 5.10 Å². The minimum atomic E-state index is -0.209. The van der Waals surface area contributed by atoms with Gasteiger partial charge in [0, 0.05) is 29.7 Å². The number of nitrogens with one attached hydrogen (secondary N) is 1. The Bertz CT molecular complexity index is 767. The van der Waals surface area contributed by atoms with Crippen LogP contribution in [-0.2, 0) is 11.3 Å². The summed E-state index contributed by atoms with van der Waals surface area (Å²) in [5.41, 5.74) is 6.14. The molecular formula is C20H22BrN3O2. The summed E-state index contributed by atoms with van der Waals surface area (Å²) in [6, 6.07) is 15.5. The van der Waals surface area contributed by atoms with Crippen molar-refractivity contribution in [1.29, 1.82) is 0 Å². The number of nitrogens with zero attached hydrogens (tertiary/aromatic N) is 2. The lowest BCUT2D eigenvalue weighted by Gasteiger charge is -2.26. The number of carbonyl (C=O) groups excluding carboxylic acids is 1. The molecule has 1 aliphatic rings. The molecule has 136 valence electrons. The first-order chi connectivity index (χ1) is 12.6. The van der Waals surface area contributed by atoms with Gasteiger partial charge in [0.15, 0.2) is 0 Å². The van der Waals surface area contributed by atoms with Crippen molar-refractivity contribution in [3.8, 4) is 0 Å². The third-order valence-electron chi connectivity index (χ3n) is 4.31. The van der Waals surface area contributed by atoms with Gasteiger partial charge in [-0.3, -0.25) is 9.69 Å². The molecule has 3 rings (SSSR count). The average molecular weight is 416 g/mol. The molecule has 1 amide bonds. The van der Waals surface area contributed by atoms with Crippen molar-refractivity contribution >= 4 is 27.5 Å². The van der Waals surface area contributed by atoms with E-state index in [9.17, 15) is 4.79 Å². The number of benzene rings is 2. The summed E-state index contributed by atoms with van der Waals surface area (Å²) in [5, 5.41) is 4.20. The van der Waals surface area contributed by atoms with Crippen molar-refractivity contribution in [3.05, 3.63) is 69.7 Å². The van der Waals surface area contributed by atoms with Gasteiger partial charge in [-0.2, -0.15) is 5.10 Å². The lowest BCUT2D eigenvalue weighted by Crippen LogP contribution is -2.35. The molecule has 1 aliphatic heterocycles. The third-order valence-corrected chi connectivity index (χ3v) is 4.84. The predicted molar refractivity (Wildman–Crippen MR) is 106 cm³/mol. The lowest BCUT2D eigenvalue weighted by atomic mass is 10.1. The van der Waals surface area contributed by atoms with E-state index in [-0.39, 0.29) is 5.91 Å². The molecule has 1 fully saturated rings. The Morgan fingerprint density at radius 3 is 2.35 bits per heavy atom. The summed E-state index contributed by atoms with van der Waals surface area (Å²) in [7, 11) is 0. The topological polar surface area (TPSA) is 53.9 Å². The zero-order valence-corrected chi connectivity index (χ0v) is 16.3. The molecule has 0 saturated carbocycles. The molecule has 26 heavy (non-hydrogen) atoms. The van der Waals surface area contributed by atoms with E-state index in [1.165, 1.54) is 5.56 Å². The van der Waals surface area contributed by atoms with Crippen LogP contribution in [0.2, 0.25) is 0 Å². The van der Waals surface area contributed by atoms with Crippen LogP contribution in [0.3, 0.4) is 0 Å². The second kappa shape index (κ2) is 9.07. The fraction of sp³-hybridized carbons (Fsp3) is 0.300. The molecule has 0 bridgehead atoms. The van der Waals surface area contributed by atoms with Crippen molar-refractivity contribution in [3.63, 3.8) is 0 Å². The molecular weight excluding hydrogens is 394 g/mol. The van der Waals surface area contributed by atoms with Gasteiger partial charge in [-0.15, -0.1) is 0 Å². The van der Waals surface area contributed by atoms with Crippen LogP contribution in [0.5, 0.6) is 0 Å². The smallest absolute Gasteiger partial charge is 0.271 e. The first-order valence-electron chi connectivity index (χ1n) is 8.61. The number of ether oxygens (including phenoxy) is 1. The van der Waals surface area contributed by atoms with E-state index in [1.807, 2.05) is 55.5 Å². The van der Waals surface area contributed by atoms with Crippen molar-refractivity contribution in [2.45, 2.75) is 13.5 Å². The van der Waals surface area contributed by atoms with Crippen molar-refractivity contribution < 1.29 is 9.53 Å². The summed E-state index contributed by atoms with van der Waals surface area (Å²) in [5.74, 6) is -0.209. The Morgan fingerprint density at radius 1 is 1.08 bits per heavy atom. The fourth-order valence-corrected chi connectivity index (χ4v) is 3.00. The molecule has 0 radical (unpaired) electrons. The van der Waals surface area contributed by atoms with Gasteiger partial charge in [-0.1, -0.05) is 40.2 Å². The van der Waals surface area contributed by atoms with Gasteiger partial charge >= 0.3 is 0 Å². The molecule has 0 aliphatic carbocycles. The number of morpholine rings is 1. The van der Waals surface area contributed by atoms with Gasteiger partial charge in [0.25, 0.3) is 5.91 Å². The Balaban J connectivity index is 1.57. The van der Waals surface area contributed by atoms with Crippen LogP contribution in [0.1, 0.15) is 28.4 Å². The Morgan fingerprint density at radius 2 is 1.69 bits per heavy atom. The molecule has 2 aromatic rings. The second-order valence-corrected chi connectivity index (χ2v) is 7.15. The van der Waals surface area contributed by atoms with Gasteiger partial charge in [0.1, 0.15) is 0 Å². The monoisotopic (exact) mass is 415 g/mol. The molecule has 0 spiro atoms. The Labute approximate surface area is 162 Å². The molecule has 1 N–H and O–H groups in total. The highest BCUT2D eigenvalue weighted by Gasteiger charge is 2.11. The average Bonchev–Trinajstić information content (AvgIpc) is 2.68. The lowest BCUT2D eigenvalue weighted by molar-refractivity contribution is 0.0342. The molecule has 1 heterocycles. The fourth-order valence-electron chi connectivity index (χ4n) is 2.73. The Kier molecular flexibility index (Phi) is 6.55. The quantitative estimate of drug-likeness (QED) is 0.600. The summed E-state index contributed by atoms with van der Waals surface area (Å²) >= 11 is 3.41. The summed E-state index contributed by atoms with van der Waals surface area (Å²) in [6.07, 6.45) is 0. The SMILES string of the molecule is C/C(=N\NC(=O)c1ccc(CN2CCOCC2)cc1)c1ccc(Br)cc1. The van der Waals surface area contributed by atoms with Crippen LogP contribution in [0, 0.1) is 0 Å². The second-order valence-electron chi connectivity index (χ2n) is 6.23. The number of rotatable bonds is 5. The van der Waals surface area contributed by atoms with Gasteiger partial charge < -0.3 is 4.74 Å². The predicted octanol–water partition coefficient (Wildman–Crippen LogP) is 3.44. The number of hydrazone groups is 1. The molecule has 2 aromatic carbocycles. The molecule has 6 heteroatoms. The zero-order chi connectivity index (χ0) is 18.4. The van der Waals surface area contributed by atoms with Gasteiger partial charge in [-0.05, 0) is 42.3 Å². The number of hydrogen-bond donors (Lipinski definition) is 1. The van der Waals surface area contributed by atoms with Crippen molar-refractivity contribution in [2.75, 3.05) is 26.3 Å². The normalized spacial score (nSPS) is 15.7. The van der Waals surface area contributed by atoms with Gasteiger partial charge in [0.05, 0.1) is 18.9 Å². The highest BCUT2D eigenvalue weighted by atomic mass is 79.9. The van der Waals surface area contributed by atoms with Gasteiger partial charge in [0.2, 0.25) is 0 Å². The summed E-state index contributed by atoms with van der Waals surface area (Å²) < 4.78 is 6.37. The van der Waals surface area contributed by atoms with Crippen LogP contribution in [-0.4, -0.2) is 42.8 Å². The van der Waals surface area contributed by atoms with E-state index in [0.29, 0.717) is 5.56 Å². The molecule has 0 unspecified atom stereocenters. The van der Waals surface area contributed by atoms with E-state index < -0.39 is 0 Å². The number of amides is 1. The molecule has 1 saturated heterocycles. The van der Waals surface area contributed by atoms with Crippen LogP contribution in [0.15, 0.2) is 58.1 Å². The van der Waals surface area contributed by atoms with E-state index in [0.717, 1.165) is 48.6 Å². The third kappa shape index (κ3) is 5.24. The maximum Gasteiger partial charge on any atom is 0.271 e. The zero-order valence-electron chi connectivity index (χ0n) is 14.7. The molecule has 0 aromatic heterocycles. The Hall–Kier alpha value is -2.02.